The van der Waals surface area contributed by atoms with Gasteiger partial charge in [0.2, 0.25) is 5.78 Å². The number of aromatic nitrogens is 4. The first kappa shape index (κ1) is 30.6. The summed E-state index contributed by atoms with van der Waals surface area (Å²) < 4.78 is 23.6. The summed E-state index contributed by atoms with van der Waals surface area (Å²) in [6, 6.07) is 14.0. The molecule has 0 bridgehead atoms. The number of hydrogen-bond acceptors (Lipinski definition) is 6. The van der Waals surface area contributed by atoms with Gasteiger partial charge in [0.05, 0.1) is 35.1 Å². The molecule has 0 amide bonds. The highest BCUT2D eigenvalue weighted by atomic mass is 19.1. The molecule has 2 aromatic heterocycles. The van der Waals surface area contributed by atoms with Gasteiger partial charge in [0, 0.05) is 18.0 Å². The lowest BCUT2D eigenvalue weighted by atomic mass is 9.91. The summed E-state index contributed by atoms with van der Waals surface area (Å²) in [7, 11) is 0. The fourth-order valence-corrected chi connectivity index (χ4v) is 5.99. The standard InChI is InChI=1S/C34H40FN5O3/c1-6-7-31-30(18-23-8-10-24(11-9-23)29-17-12-26(35)19-25(29)20-36)32(41)39(33-37-22(3)38-40(31)33)27-13-15-28(16-14-27)43-21(2)34(4,5)42/h8-12,17,19,21,27-28,42H,6-7,13-16,18H2,1-5H3/t21?,27-,28-. The first-order valence-corrected chi connectivity index (χ1v) is 15.2. The van der Waals surface area contributed by atoms with Crippen LogP contribution >= 0.6 is 0 Å². The molecule has 0 radical (unpaired) electrons. The zero-order chi connectivity index (χ0) is 30.9. The predicted molar refractivity (Wildman–Crippen MR) is 163 cm³/mol. The third-order valence-corrected chi connectivity index (χ3v) is 8.63. The molecule has 1 atom stereocenters. The summed E-state index contributed by atoms with van der Waals surface area (Å²) in [5, 5.41) is 24.5. The van der Waals surface area contributed by atoms with Crippen LogP contribution in [0.5, 0.6) is 0 Å². The SMILES string of the molecule is CCCc1c(Cc2ccc(-c3ccc(F)cc3C#N)cc2)c(=O)n([C@H]2CC[C@H](OC(C)C(C)(C)O)CC2)c2nc(C)nn12. The number of fused-ring (bicyclic) bond motifs is 1. The highest BCUT2D eigenvalue weighted by Crippen LogP contribution is 2.33. The van der Waals surface area contributed by atoms with Gasteiger partial charge in [0.1, 0.15) is 11.6 Å². The Bertz CT molecular complexity index is 1700. The number of halogens is 1. The molecule has 0 saturated heterocycles. The summed E-state index contributed by atoms with van der Waals surface area (Å²) in [6.45, 7) is 9.35. The molecular weight excluding hydrogens is 545 g/mol. The fourth-order valence-electron chi connectivity index (χ4n) is 5.99. The minimum absolute atomic E-state index is 0.0315. The van der Waals surface area contributed by atoms with Crippen molar-refractivity contribution >= 4 is 5.78 Å². The quantitative estimate of drug-likeness (QED) is 0.255. The molecule has 1 aliphatic rings. The number of nitrogens with zero attached hydrogens (tertiary/aromatic N) is 5. The zero-order valence-corrected chi connectivity index (χ0v) is 25.6. The van der Waals surface area contributed by atoms with E-state index < -0.39 is 11.4 Å². The molecule has 2 aromatic carbocycles. The third-order valence-electron chi connectivity index (χ3n) is 8.63. The van der Waals surface area contributed by atoms with Gasteiger partial charge in [-0.05, 0) is 88.6 Å². The summed E-state index contributed by atoms with van der Waals surface area (Å²) in [4.78, 5) is 19.0. The normalized spacial score (nSPS) is 18.1. The van der Waals surface area contributed by atoms with Crippen LogP contribution in [-0.4, -0.2) is 42.1 Å². The number of aliphatic hydroxyl groups is 1. The topological polar surface area (TPSA) is 105 Å². The maximum absolute atomic E-state index is 14.3. The highest BCUT2D eigenvalue weighted by molar-refractivity contribution is 5.70. The van der Waals surface area contributed by atoms with Crippen molar-refractivity contribution in [3.63, 3.8) is 0 Å². The van der Waals surface area contributed by atoms with E-state index in [0.717, 1.165) is 48.9 Å². The highest BCUT2D eigenvalue weighted by Gasteiger charge is 2.31. The lowest BCUT2D eigenvalue weighted by Gasteiger charge is -2.35. The van der Waals surface area contributed by atoms with Gasteiger partial charge in [-0.15, -0.1) is 0 Å². The number of ether oxygens (including phenoxy) is 1. The van der Waals surface area contributed by atoms with Crippen LogP contribution in [-0.2, 0) is 17.6 Å². The van der Waals surface area contributed by atoms with Crippen molar-refractivity contribution in [2.24, 2.45) is 0 Å². The Labute approximate surface area is 251 Å². The van der Waals surface area contributed by atoms with Crippen molar-refractivity contribution in [2.45, 2.75) is 103 Å². The number of nitriles is 1. The van der Waals surface area contributed by atoms with Crippen LogP contribution in [0, 0.1) is 24.1 Å². The van der Waals surface area contributed by atoms with Gasteiger partial charge in [-0.25, -0.2) is 8.91 Å². The first-order valence-electron chi connectivity index (χ1n) is 15.2. The van der Waals surface area contributed by atoms with Crippen LogP contribution in [0.3, 0.4) is 0 Å². The first-order chi connectivity index (χ1) is 20.5. The smallest absolute Gasteiger partial charge is 0.259 e. The van der Waals surface area contributed by atoms with Crippen molar-refractivity contribution < 1.29 is 14.2 Å². The van der Waals surface area contributed by atoms with Gasteiger partial charge >= 0.3 is 0 Å². The molecule has 0 spiro atoms. The van der Waals surface area contributed by atoms with Crippen LogP contribution in [0.4, 0.5) is 4.39 Å². The summed E-state index contributed by atoms with van der Waals surface area (Å²) >= 11 is 0. The van der Waals surface area contributed by atoms with Gasteiger partial charge < -0.3 is 9.84 Å². The van der Waals surface area contributed by atoms with E-state index in [0.29, 0.717) is 35.6 Å². The molecular formula is C34H40FN5O3. The lowest BCUT2D eigenvalue weighted by molar-refractivity contribution is -0.118. The van der Waals surface area contributed by atoms with Crippen molar-refractivity contribution in [1.82, 2.24) is 19.2 Å². The predicted octanol–water partition coefficient (Wildman–Crippen LogP) is 6.08. The second kappa shape index (κ2) is 12.4. The fraction of sp³-hybridized carbons (Fsp3) is 0.471. The largest absolute Gasteiger partial charge is 0.388 e. The second-order valence-corrected chi connectivity index (χ2v) is 12.3. The lowest BCUT2D eigenvalue weighted by Crippen LogP contribution is -2.40. The van der Waals surface area contributed by atoms with Crippen LogP contribution in [0.25, 0.3) is 16.9 Å². The average molecular weight is 586 g/mol. The minimum Gasteiger partial charge on any atom is -0.388 e. The minimum atomic E-state index is -0.918. The van der Waals surface area contributed by atoms with Gasteiger partial charge in [0.15, 0.2) is 0 Å². The molecule has 1 saturated carbocycles. The van der Waals surface area contributed by atoms with Crippen LogP contribution < -0.4 is 5.56 Å². The molecule has 9 heteroatoms. The molecule has 226 valence electrons. The molecule has 1 aliphatic carbocycles. The Balaban J connectivity index is 1.48. The molecule has 5 rings (SSSR count). The summed E-state index contributed by atoms with van der Waals surface area (Å²) in [6.07, 6.45) is 4.84. The molecule has 43 heavy (non-hydrogen) atoms. The van der Waals surface area contributed by atoms with Gasteiger partial charge in [-0.1, -0.05) is 43.7 Å². The van der Waals surface area contributed by atoms with E-state index in [-0.39, 0.29) is 29.4 Å². The summed E-state index contributed by atoms with van der Waals surface area (Å²) in [5.74, 6) is 0.760. The van der Waals surface area contributed by atoms with E-state index in [1.165, 1.54) is 12.1 Å². The number of aryl methyl sites for hydroxylation is 2. The monoisotopic (exact) mass is 585 g/mol. The van der Waals surface area contributed by atoms with Crippen LogP contribution in [0.2, 0.25) is 0 Å². The van der Waals surface area contributed by atoms with Gasteiger partial charge in [0.25, 0.3) is 5.56 Å². The molecule has 4 aromatic rings. The molecule has 1 unspecified atom stereocenters. The van der Waals surface area contributed by atoms with Crippen molar-refractivity contribution in [2.75, 3.05) is 0 Å². The molecule has 1 fully saturated rings. The van der Waals surface area contributed by atoms with Crippen LogP contribution in [0.1, 0.15) is 94.0 Å². The zero-order valence-electron chi connectivity index (χ0n) is 25.6. The second-order valence-electron chi connectivity index (χ2n) is 12.3. The van der Waals surface area contributed by atoms with Gasteiger partial charge in [-0.3, -0.25) is 9.36 Å². The van der Waals surface area contributed by atoms with E-state index in [4.69, 9.17) is 14.8 Å². The van der Waals surface area contributed by atoms with Crippen molar-refractivity contribution in [1.29, 1.82) is 5.26 Å². The molecule has 8 nitrogen and oxygen atoms in total. The molecule has 2 heterocycles. The van der Waals surface area contributed by atoms with E-state index in [1.807, 2.05) is 47.2 Å². The number of hydrogen-bond donors (Lipinski definition) is 1. The Morgan fingerprint density at radius 2 is 1.86 bits per heavy atom. The number of rotatable bonds is 9. The molecule has 1 N–H and O–H groups in total. The van der Waals surface area contributed by atoms with E-state index >= 15 is 0 Å². The van der Waals surface area contributed by atoms with Crippen LogP contribution in [0.15, 0.2) is 47.3 Å². The van der Waals surface area contributed by atoms with E-state index in [1.54, 1.807) is 19.9 Å². The van der Waals surface area contributed by atoms with E-state index in [2.05, 4.69) is 13.0 Å². The maximum atomic E-state index is 14.3. The third kappa shape index (κ3) is 6.41. The Morgan fingerprint density at radius 1 is 1.16 bits per heavy atom. The van der Waals surface area contributed by atoms with E-state index in [9.17, 15) is 19.6 Å². The average Bonchev–Trinajstić information content (AvgIpc) is 3.36. The summed E-state index contributed by atoms with van der Waals surface area (Å²) in [5.41, 5.74) is 3.35. The van der Waals surface area contributed by atoms with Crippen molar-refractivity contribution in [3.8, 4) is 17.2 Å². The Morgan fingerprint density at radius 3 is 2.49 bits per heavy atom. The Hall–Kier alpha value is -3.87. The molecule has 0 aliphatic heterocycles. The maximum Gasteiger partial charge on any atom is 0.259 e. The Kier molecular flexibility index (Phi) is 8.81. The van der Waals surface area contributed by atoms with Gasteiger partial charge in [-0.2, -0.15) is 15.3 Å². The number of benzene rings is 2. The van der Waals surface area contributed by atoms with Crippen molar-refractivity contribution in [3.05, 3.63) is 86.8 Å².